The Labute approximate surface area is 133 Å². The zero-order chi connectivity index (χ0) is 15.8. The first-order valence-corrected chi connectivity index (χ1v) is 8.08. The molecule has 0 saturated carbocycles. The van der Waals surface area contributed by atoms with Gasteiger partial charge in [0.15, 0.2) is 5.82 Å². The third-order valence-electron chi connectivity index (χ3n) is 2.50. The summed E-state index contributed by atoms with van der Waals surface area (Å²) in [7, 11) is -4.14. The lowest BCUT2D eigenvalue weighted by Crippen LogP contribution is -2.16. The Morgan fingerprint density at radius 3 is 2.43 bits per heavy atom. The van der Waals surface area contributed by atoms with Gasteiger partial charge in [-0.05, 0) is 40.2 Å². The van der Waals surface area contributed by atoms with Crippen LogP contribution in [0.4, 0.5) is 20.2 Å². The van der Waals surface area contributed by atoms with E-state index in [2.05, 4.69) is 15.9 Å². The fraction of sp³-hybridized carbons (Fsp3) is 0. The predicted molar refractivity (Wildman–Crippen MR) is 80.7 cm³/mol. The topological polar surface area (TPSA) is 72.2 Å². The maximum absolute atomic E-state index is 13.7. The number of hydrogen-bond donors (Lipinski definition) is 2. The highest BCUT2D eigenvalue weighted by molar-refractivity contribution is 9.10. The summed E-state index contributed by atoms with van der Waals surface area (Å²) in [4.78, 5) is -0.262. The smallest absolute Gasteiger partial charge is 0.264 e. The van der Waals surface area contributed by atoms with Crippen LogP contribution in [-0.4, -0.2) is 8.42 Å². The van der Waals surface area contributed by atoms with Crippen molar-refractivity contribution in [1.29, 1.82) is 0 Å². The molecule has 0 radical (unpaired) electrons. The number of nitrogens with two attached hydrogens (primary N) is 1. The normalized spacial score (nSPS) is 11.4. The van der Waals surface area contributed by atoms with E-state index in [0.717, 1.165) is 6.07 Å². The molecule has 3 N–H and O–H groups in total. The molecule has 21 heavy (non-hydrogen) atoms. The van der Waals surface area contributed by atoms with Crippen LogP contribution in [0.25, 0.3) is 0 Å². The van der Waals surface area contributed by atoms with Gasteiger partial charge in [-0.2, -0.15) is 0 Å². The minimum atomic E-state index is -4.14. The van der Waals surface area contributed by atoms with Gasteiger partial charge in [-0.1, -0.05) is 11.6 Å². The molecule has 0 amide bonds. The van der Waals surface area contributed by atoms with Crippen molar-refractivity contribution < 1.29 is 17.2 Å². The van der Waals surface area contributed by atoms with Crippen LogP contribution in [-0.2, 0) is 10.0 Å². The van der Waals surface area contributed by atoms with Crippen LogP contribution in [0.5, 0.6) is 0 Å². The zero-order valence-electron chi connectivity index (χ0n) is 10.2. The second-order valence-electron chi connectivity index (χ2n) is 4.03. The number of anilines is 2. The zero-order valence-corrected chi connectivity index (χ0v) is 13.4. The average molecular weight is 398 g/mol. The first-order valence-electron chi connectivity index (χ1n) is 5.43. The summed E-state index contributed by atoms with van der Waals surface area (Å²) in [5.41, 5.74) is 5.09. The van der Waals surface area contributed by atoms with Crippen LogP contribution in [0.3, 0.4) is 0 Å². The Hall–Kier alpha value is -1.38. The third kappa shape index (κ3) is 3.45. The van der Waals surface area contributed by atoms with Gasteiger partial charge < -0.3 is 5.73 Å². The Morgan fingerprint density at radius 1 is 1.19 bits per heavy atom. The summed E-state index contributed by atoms with van der Waals surface area (Å²) in [6, 6.07) is 5.28. The molecule has 2 aromatic carbocycles. The minimum Gasteiger partial charge on any atom is -0.398 e. The molecule has 0 atom stereocenters. The summed E-state index contributed by atoms with van der Waals surface area (Å²) in [6.07, 6.45) is 0. The largest absolute Gasteiger partial charge is 0.398 e. The van der Waals surface area contributed by atoms with E-state index < -0.39 is 27.3 Å². The quantitative estimate of drug-likeness (QED) is 0.775. The van der Waals surface area contributed by atoms with Crippen molar-refractivity contribution >= 4 is 48.9 Å². The van der Waals surface area contributed by atoms with Crippen molar-refractivity contribution in [2.24, 2.45) is 0 Å². The molecule has 9 heteroatoms. The van der Waals surface area contributed by atoms with Crippen molar-refractivity contribution in [2.75, 3.05) is 10.5 Å². The van der Waals surface area contributed by atoms with E-state index in [4.69, 9.17) is 17.3 Å². The van der Waals surface area contributed by atoms with E-state index in [-0.39, 0.29) is 20.1 Å². The molecule has 0 bridgehead atoms. The Morgan fingerprint density at radius 2 is 1.86 bits per heavy atom. The van der Waals surface area contributed by atoms with E-state index in [9.17, 15) is 17.2 Å². The maximum atomic E-state index is 13.7. The van der Waals surface area contributed by atoms with E-state index in [1.54, 1.807) is 0 Å². The van der Waals surface area contributed by atoms with Gasteiger partial charge in [0.1, 0.15) is 10.7 Å². The number of nitrogens with one attached hydrogen (secondary N) is 1. The molecular weight excluding hydrogens is 390 g/mol. The molecule has 112 valence electrons. The SMILES string of the molecule is Nc1cc(Cl)ccc1S(=O)(=O)Nc1c(F)cc(F)cc1Br. The number of halogens is 4. The molecule has 0 heterocycles. The summed E-state index contributed by atoms with van der Waals surface area (Å²) >= 11 is 8.58. The second kappa shape index (κ2) is 5.78. The third-order valence-corrected chi connectivity index (χ3v) is 4.79. The minimum absolute atomic E-state index is 0.0730. The van der Waals surface area contributed by atoms with Crippen molar-refractivity contribution in [3.05, 3.63) is 51.5 Å². The highest BCUT2D eigenvalue weighted by Gasteiger charge is 2.21. The average Bonchev–Trinajstić information content (AvgIpc) is 2.33. The number of benzene rings is 2. The lowest BCUT2D eigenvalue weighted by atomic mass is 10.3. The molecule has 2 rings (SSSR count). The van der Waals surface area contributed by atoms with Gasteiger partial charge in [-0.15, -0.1) is 0 Å². The van der Waals surface area contributed by atoms with E-state index in [0.29, 0.717) is 6.07 Å². The number of nitrogen functional groups attached to an aromatic ring is 1. The molecule has 0 saturated heterocycles. The highest BCUT2D eigenvalue weighted by atomic mass is 79.9. The lowest BCUT2D eigenvalue weighted by Gasteiger charge is -2.12. The molecule has 0 aliphatic carbocycles. The Balaban J connectivity index is 2.47. The van der Waals surface area contributed by atoms with Crippen LogP contribution in [0.15, 0.2) is 39.7 Å². The van der Waals surface area contributed by atoms with Gasteiger partial charge >= 0.3 is 0 Å². The van der Waals surface area contributed by atoms with Crippen molar-refractivity contribution in [1.82, 2.24) is 0 Å². The number of rotatable bonds is 3. The number of sulfonamides is 1. The Kier molecular flexibility index (Phi) is 4.40. The fourth-order valence-electron chi connectivity index (χ4n) is 1.59. The molecule has 4 nitrogen and oxygen atoms in total. The number of hydrogen-bond acceptors (Lipinski definition) is 3. The van der Waals surface area contributed by atoms with Gasteiger partial charge in [-0.25, -0.2) is 17.2 Å². The van der Waals surface area contributed by atoms with Crippen molar-refractivity contribution in [3.8, 4) is 0 Å². The van der Waals surface area contributed by atoms with Gasteiger partial charge in [0.05, 0.1) is 11.4 Å². The van der Waals surface area contributed by atoms with E-state index >= 15 is 0 Å². The maximum Gasteiger partial charge on any atom is 0.264 e. The van der Waals surface area contributed by atoms with Crippen LogP contribution in [0, 0.1) is 11.6 Å². The van der Waals surface area contributed by atoms with Crippen molar-refractivity contribution in [2.45, 2.75) is 4.90 Å². The molecule has 0 unspecified atom stereocenters. The van der Waals surface area contributed by atoms with E-state index in [1.807, 2.05) is 4.72 Å². The molecule has 0 aromatic heterocycles. The van der Waals surface area contributed by atoms with Gasteiger partial charge in [0.2, 0.25) is 0 Å². The molecular formula is C12H8BrClF2N2O2S. The summed E-state index contributed by atoms with van der Waals surface area (Å²) in [6.45, 7) is 0. The summed E-state index contributed by atoms with van der Waals surface area (Å²) in [5, 5.41) is 0.264. The Bertz CT molecular complexity index is 792. The molecule has 0 aliphatic heterocycles. The lowest BCUT2D eigenvalue weighted by molar-refractivity contribution is 0.581. The fourth-order valence-corrected chi connectivity index (χ4v) is 3.61. The van der Waals surface area contributed by atoms with Crippen LogP contribution >= 0.6 is 27.5 Å². The van der Waals surface area contributed by atoms with Crippen molar-refractivity contribution in [3.63, 3.8) is 0 Å². The molecule has 0 spiro atoms. The van der Waals surface area contributed by atoms with Gasteiger partial charge in [0, 0.05) is 15.6 Å². The molecule has 2 aromatic rings. The summed E-state index contributed by atoms with van der Waals surface area (Å²) < 4.78 is 53.0. The second-order valence-corrected chi connectivity index (χ2v) is 6.97. The first-order chi connectivity index (χ1) is 9.70. The molecule has 0 fully saturated rings. The van der Waals surface area contributed by atoms with Crippen LogP contribution < -0.4 is 10.5 Å². The molecule has 0 aliphatic rings. The highest BCUT2D eigenvalue weighted by Crippen LogP contribution is 2.30. The first kappa shape index (κ1) is 16.0. The monoisotopic (exact) mass is 396 g/mol. The van der Waals surface area contributed by atoms with Gasteiger partial charge in [0.25, 0.3) is 10.0 Å². The predicted octanol–water partition coefficient (Wildman–Crippen LogP) is 3.76. The summed E-state index contributed by atoms with van der Waals surface area (Å²) in [5.74, 6) is -1.90. The standard InChI is InChI=1S/C12H8BrClF2N2O2S/c13-8-4-7(15)5-9(16)12(8)18-21(19,20)11-2-1-6(14)3-10(11)17/h1-5,18H,17H2. The van der Waals surface area contributed by atoms with Crippen LogP contribution in [0.1, 0.15) is 0 Å². The van der Waals surface area contributed by atoms with Crippen LogP contribution in [0.2, 0.25) is 5.02 Å². The van der Waals surface area contributed by atoms with Gasteiger partial charge in [-0.3, -0.25) is 4.72 Å². The van der Waals surface area contributed by atoms with E-state index in [1.165, 1.54) is 18.2 Å².